The smallest absolute Gasteiger partial charge is 0.258 e. The Morgan fingerprint density at radius 1 is 1.50 bits per heavy atom. The molecule has 0 saturated carbocycles. The number of piperazine rings is 1. The van der Waals surface area contributed by atoms with Crippen molar-refractivity contribution in [1.82, 2.24) is 20.6 Å². The van der Waals surface area contributed by atoms with E-state index in [1.54, 1.807) is 12.2 Å². The van der Waals surface area contributed by atoms with Crippen molar-refractivity contribution in [1.29, 1.82) is 0 Å². The zero-order chi connectivity index (χ0) is 19.7. The molecule has 28 heavy (non-hydrogen) atoms. The van der Waals surface area contributed by atoms with E-state index in [-0.39, 0.29) is 5.91 Å². The highest BCUT2D eigenvalue weighted by atomic mass is 79.9. The summed E-state index contributed by atoms with van der Waals surface area (Å²) >= 11 is 4.90. The number of piperidine rings is 2. The highest BCUT2D eigenvalue weighted by Crippen LogP contribution is 2.30. The lowest BCUT2D eigenvalue weighted by molar-refractivity contribution is 0.0969. The van der Waals surface area contributed by atoms with Gasteiger partial charge < -0.3 is 15.5 Å². The van der Waals surface area contributed by atoms with E-state index in [1.165, 1.54) is 24.2 Å². The van der Waals surface area contributed by atoms with Crippen LogP contribution in [0.1, 0.15) is 30.1 Å². The molecular formula is C20H22BrN5OS. The molecule has 2 unspecified atom stereocenters. The standard InChI is InChI=1S/C20H22BrN5OS/c1-3-5-16(15(21)4-2)24-19(27)14-11-28-20-18(14)25-17(9-23-20)26-10-12-6-7-13(26)8-22-12/h3-5,9,11-13,22H,1,6-8,10H2,2H3,(H,24,27)/b15-4+,16-5+. The number of fused-ring (bicyclic) bond motifs is 4. The number of aromatic nitrogens is 2. The number of nitrogens with zero attached hydrogens (tertiary/aromatic N) is 3. The Hall–Kier alpha value is -2.03. The maximum Gasteiger partial charge on any atom is 0.258 e. The van der Waals surface area contributed by atoms with Crippen molar-refractivity contribution in [3.63, 3.8) is 0 Å². The number of hydrogen-bond acceptors (Lipinski definition) is 6. The van der Waals surface area contributed by atoms with Gasteiger partial charge in [0.25, 0.3) is 5.91 Å². The third-order valence-electron chi connectivity index (χ3n) is 5.20. The Balaban J connectivity index is 1.64. The summed E-state index contributed by atoms with van der Waals surface area (Å²) in [6.45, 7) is 7.53. The van der Waals surface area contributed by atoms with E-state index in [0.29, 0.717) is 28.9 Å². The first kappa shape index (κ1) is 19.3. The van der Waals surface area contributed by atoms with Crippen molar-refractivity contribution in [2.24, 2.45) is 0 Å². The normalized spacial score (nSPS) is 22.6. The Morgan fingerprint density at radius 2 is 2.36 bits per heavy atom. The van der Waals surface area contributed by atoms with Crippen LogP contribution in [-0.2, 0) is 0 Å². The molecular weight excluding hydrogens is 438 g/mol. The number of thiophene rings is 1. The SMILES string of the molecule is C=C/C=C(NC(=O)c1csc2ncc(N3CC4CCC3CN4)nc12)\C(Br)=C/C. The van der Waals surface area contributed by atoms with Crippen molar-refractivity contribution in [2.45, 2.75) is 31.8 Å². The number of carbonyl (C=O) groups is 1. The average Bonchev–Trinajstić information content (AvgIpc) is 3.17. The fraction of sp³-hybridized carbons (Fsp3) is 0.350. The molecule has 0 spiro atoms. The zero-order valence-electron chi connectivity index (χ0n) is 15.6. The number of amides is 1. The zero-order valence-corrected chi connectivity index (χ0v) is 18.0. The number of nitrogens with one attached hydrogen (secondary N) is 2. The van der Waals surface area contributed by atoms with Crippen molar-refractivity contribution in [3.05, 3.63) is 52.1 Å². The first-order valence-electron chi connectivity index (χ1n) is 9.31. The third-order valence-corrected chi connectivity index (χ3v) is 6.96. The molecule has 5 heterocycles. The molecule has 2 bridgehead atoms. The number of allylic oxidation sites excluding steroid dienone is 4. The van der Waals surface area contributed by atoms with Crippen LogP contribution in [0.2, 0.25) is 0 Å². The molecule has 0 radical (unpaired) electrons. The summed E-state index contributed by atoms with van der Waals surface area (Å²) in [5.74, 6) is 0.652. The van der Waals surface area contributed by atoms with Crippen LogP contribution < -0.4 is 15.5 Å². The van der Waals surface area contributed by atoms with E-state index < -0.39 is 0 Å². The van der Waals surface area contributed by atoms with Crippen LogP contribution in [0, 0.1) is 0 Å². The number of anilines is 1. The van der Waals surface area contributed by atoms with Gasteiger partial charge in [-0.3, -0.25) is 4.79 Å². The molecule has 2 aromatic rings. The van der Waals surface area contributed by atoms with E-state index in [0.717, 1.165) is 28.2 Å². The maximum absolute atomic E-state index is 12.9. The van der Waals surface area contributed by atoms with Crippen LogP contribution >= 0.6 is 27.3 Å². The Labute approximate surface area is 176 Å². The number of halogens is 1. The molecule has 3 aliphatic rings. The summed E-state index contributed by atoms with van der Waals surface area (Å²) < 4.78 is 0.795. The maximum atomic E-state index is 12.9. The Morgan fingerprint density at radius 3 is 3.00 bits per heavy atom. The lowest BCUT2D eigenvalue weighted by atomic mass is 9.93. The monoisotopic (exact) mass is 459 g/mol. The summed E-state index contributed by atoms with van der Waals surface area (Å²) in [5.41, 5.74) is 1.86. The van der Waals surface area contributed by atoms with Crippen LogP contribution in [0.25, 0.3) is 10.3 Å². The minimum atomic E-state index is -0.202. The lowest BCUT2D eigenvalue weighted by Gasteiger charge is -2.46. The van der Waals surface area contributed by atoms with Gasteiger partial charge in [0.15, 0.2) is 0 Å². The first-order valence-corrected chi connectivity index (χ1v) is 11.0. The van der Waals surface area contributed by atoms with E-state index in [1.807, 2.05) is 24.6 Å². The molecule has 3 fully saturated rings. The van der Waals surface area contributed by atoms with Crippen LogP contribution in [0.15, 0.2) is 46.6 Å². The minimum Gasteiger partial charge on any atom is -0.349 e. The van der Waals surface area contributed by atoms with Gasteiger partial charge in [-0.1, -0.05) is 18.7 Å². The van der Waals surface area contributed by atoms with E-state index >= 15 is 0 Å². The van der Waals surface area contributed by atoms with Gasteiger partial charge in [-0.25, -0.2) is 9.97 Å². The fourth-order valence-electron chi connectivity index (χ4n) is 3.73. The van der Waals surface area contributed by atoms with Crippen molar-refractivity contribution < 1.29 is 4.79 Å². The fourth-order valence-corrected chi connectivity index (χ4v) is 4.79. The van der Waals surface area contributed by atoms with Crippen molar-refractivity contribution >= 4 is 49.3 Å². The molecule has 1 amide bonds. The van der Waals surface area contributed by atoms with Gasteiger partial charge >= 0.3 is 0 Å². The number of hydrogen-bond donors (Lipinski definition) is 2. The lowest BCUT2D eigenvalue weighted by Crippen LogP contribution is -2.61. The summed E-state index contributed by atoms with van der Waals surface area (Å²) in [4.78, 5) is 25.4. The average molecular weight is 460 g/mol. The van der Waals surface area contributed by atoms with E-state index in [2.05, 4.69) is 43.0 Å². The third kappa shape index (κ3) is 3.64. The van der Waals surface area contributed by atoms with E-state index in [4.69, 9.17) is 4.98 Å². The predicted molar refractivity (Wildman–Crippen MR) is 118 cm³/mol. The second kappa shape index (κ2) is 8.14. The molecule has 3 saturated heterocycles. The van der Waals surface area contributed by atoms with Crippen LogP contribution in [0.3, 0.4) is 0 Å². The first-order chi connectivity index (χ1) is 13.6. The van der Waals surface area contributed by atoms with Gasteiger partial charge in [0.1, 0.15) is 16.2 Å². The van der Waals surface area contributed by atoms with Gasteiger partial charge in [0.05, 0.1) is 17.5 Å². The van der Waals surface area contributed by atoms with Crippen LogP contribution in [-0.4, -0.2) is 41.0 Å². The van der Waals surface area contributed by atoms with Gasteiger partial charge in [-0.15, -0.1) is 11.3 Å². The molecule has 5 rings (SSSR count). The second-order valence-corrected chi connectivity index (χ2v) is 8.64. The Bertz CT molecular complexity index is 974. The van der Waals surface area contributed by atoms with Crippen LogP contribution in [0.5, 0.6) is 0 Å². The number of rotatable bonds is 5. The van der Waals surface area contributed by atoms with Gasteiger partial charge in [-0.2, -0.15) is 0 Å². The topological polar surface area (TPSA) is 70.2 Å². The highest BCUT2D eigenvalue weighted by molar-refractivity contribution is 9.12. The van der Waals surface area contributed by atoms with E-state index in [9.17, 15) is 4.79 Å². The van der Waals surface area contributed by atoms with Gasteiger partial charge in [0, 0.05) is 35.0 Å². The molecule has 146 valence electrons. The molecule has 8 heteroatoms. The largest absolute Gasteiger partial charge is 0.349 e. The second-order valence-electron chi connectivity index (χ2n) is 6.93. The van der Waals surface area contributed by atoms with Crippen LogP contribution in [0.4, 0.5) is 5.82 Å². The summed E-state index contributed by atoms with van der Waals surface area (Å²) in [6.07, 6.45) is 9.48. The van der Waals surface area contributed by atoms with Gasteiger partial charge in [-0.05, 0) is 41.8 Å². The summed E-state index contributed by atoms with van der Waals surface area (Å²) in [5, 5.41) is 8.32. The molecule has 3 aliphatic heterocycles. The van der Waals surface area contributed by atoms with Crippen molar-refractivity contribution in [2.75, 3.05) is 18.0 Å². The number of carbonyl (C=O) groups excluding carboxylic acids is 1. The predicted octanol–water partition coefficient (Wildman–Crippen LogP) is 3.73. The molecule has 6 nitrogen and oxygen atoms in total. The highest BCUT2D eigenvalue weighted by Gasteiger charge is 2.34. The molecule has 0 aliphatic carbocycles. The molecule has 2 aromatic heterocycles. The van der Waals surface area contributed by atoms with Crippen molar-refractivity contribution in [3.8, 4) is 0 Å². The Kier molecular flexibility index (Phi) is 5.61. The summed E-state index contributed by atoms with van der Waals surface area (Å²) in [6, 6.07) is 0.956. The summed E-state index contributed by atoms with van der Waals surface area (Å²) in [7, 11) is 0. The quantitative estimate of drug-likeness (QED) is 0.666. The molecule has 2 atom stereocenters. The molecule has 0 aromatic carbocycles. The van der Waals surface area contributed by atoms with Gasteiger partial charge in [0.2, 0.25) is 0 Å². The molecule has 2 N–H and O–H groups in total. The minimum absolute atomic E-state index is 0.202.